The maximum absolute atomic E-state index is 6.09. The summed E-state index contributed by atoms with van der Waals surface area (Å²) in [5.74, 6) is 4.83. The van der Waals surface area contributed by atoms with Crippen molar-refractivity contribution >= 4 is 0 Å². The summed E-state index contributed by atoms with van der Waals surface area (Å²) >= 11 is 0. The van der Waals surface area contributed by atoms with Gasteiger partial charge in [0, 0.05) is 0 Å². The molecule has 0 amide bonds. The Hall–Kier alpha value is -0.980. The quantitative estimate of drug-likeness (QED) is 0.285. The first kappa shape index (κ1) is 24.7. The molecule has 0 unspecified atom stereocenters. The summed E-state index contributed by atoms with van der Waals surface area (Å²) in [6, 6.07) is 9.11. The molecule has 0 spiro atoms. The van der Waals surface area contributed by atoms with Gasteiger partial charge in [0.15, 0.2) is 0 Å². The third-order valence-corrected chi connectivity index (χ3v) is 8.35. The molecule has 1 heteroatoms. The Balaban J connectivity index is 1.25. The fourth-order valence-electron chi connectivity index (χ4n) is 6.26. The van der Waals surface area contributed by atoms with Crippen LogP contribution in [0.2, 0.25) is 0 Å². The molecule has 0 radical (unpaired) electrons. The molecule has 2 saturated carbocycles. The van der Waals surface area contributed by atoms with Crippen molar-refractivity contribution in [1.82, 2.24) is 0 Å². The van der Waals surface area contributed by atoms with E-state index in [0.29, 0.717) is 0 Å². The van der Waals surface area contributed by atoms with Crippen LogP contribution in [-0.2, 0) is 0 Å². The van der Waals surface area contributed by atoms with E-state index in [1.54, 1.807) is 0 Å². The Morgan fingerprint density at radius 3 is 1.81 bits per heavy atom. The van der Waals surface area contributed by atoms with Gasteiger partial charge in [0.05, 0.1) is 6.61 Å². The smallest absolute Gasteiger partial charge is 0.119 e. The van der Waals surface area contributed by atoms with E-state index < -0.39 is 0 Å². The topological polar surface area (TPSA) is 9.23 Å². The second-order valence-electron chi connectivity index (χ2n) is 10.8. The van der Waals surface area contributed by atoms with Crippen molar-refractivity contribution in [3.63, 3.8) is 0 Å². The molecule has 1 aromatic rings. The summed E-state index contributed by atoms with van der Waals surface area (Å²) in [7, 11) is 0. The third kappa shape index (κ3) is 8.82. The predicted octanol–water partition coefficient (Wildman–Crippen LogP) is 9.70. The molecule has 1 nitrogen and oxygen atoms in total. The third-order valence-electron chi connectivity index (χ3n) is 8.35. The van der Waals surface area contributed by atoms with Crippen molar-refractivity contribution in [1.29, 1.82) is 0 Å². The van der Waals surface area contributed by atoms with Crippen molar-refractivity contribution in [3.05, 3.63) is 29.8 Å². The van der Waals surface area contributed by atoms with Gasteiger partial charge in [0.1, 0.15) is 5.75 Å². The van der Waals surface area contributed by atoms with Gasteiger partial charge in [0.25, 0.3) is 0 Å². The molecule has 0 bridgehead atoms. The lowest BCUT2D eigenvalue weighted by Crippen LogP contribution is -2.15. The Labute approximate surface area is 193 Å². The van der Waals surface area contributed by atoms with Crippen LogP contribution in [-0.4, -0.2) is 6.61 Å². The zero-order chi connectivity index (χ0) is 21.7. The lowest BCUT2D eigenvalue weighted by atomic mass is 9.77. The lowest BCUT2D eigenvalue weighted by molar-refractivity contribution is 0.228. The first-order chi connectivity index (χ1) is 15.3. The van der Waals surface area contributed by atoms with Gasteiger partial charge in [-0.05, 0) is 79.9 Å². The van der Waals surface area contributed by atoms with E-state index in [1.165, 1.54) is 115 Å². The zero-order valence-corrected chi connectivity index (χ0v) is 20.8. The summed E-state index contributed by atoms with van der Waals surface area (Å²) in [5.41, 5.74) is 1.54. The molecule has 176 valence electrons. The fourth-order valence-corrected chi connectivity index (χ4v) is 6.26. The van der Waals surface area contributed by atoms with Gasteiger partial charge in [0.2, 0.25) is 0 Å². The average Bonchev–Trinajstić information content (AvgIpc) is 2.82. The van der Waals surface area contributed by atoms with Crippen molar-refractivity contribution in [2.24, 2.45) is 17.8 Å². The summed E-state index contributed by atoms with van der Waals surface area (Å²) in [6.07, 6.45) is 24.1. The van der Waals surface area contributed by atoms with Crippen molar-refractivity contribution in [3.8, 4) is 5.75 Å². The zero-order valence-electron chi connectivity index (χ0n) is 20.8. The molecule has 0 N–H and O–H groups in total. The maximum Gasteiger partial charge on any atom is 0.119 e. The van der Waals surface area contributed by atoms with E-state index in [4.69, 9.17) is 4.74 Å². The summed E-state index contributed by atoms with van der Waals surface area (Å²) in [5, 5.41) is 0. The first-order valence-corrected chi connectivity index (χ1v) is 14.0. The highest BCUT2D eigenvalue weighted by Gasteiger charge is 2.22. The highest BCUT2D eigenvalue weighted by atomic mass is 16.5. The largest absolute Gasteiger partial charge is 0.494 e. The average molecular weight is 427 g/mol. The maximum atomic E-state index is 6.09. The summed E-state index contributed by atoms with van der Waals surface area (Å²) in [6.45, 7) is 5.52. The summed E-state index contributed by atoms with van der Waals surface area (Å²) < 4.78 is 6.09. The van der Waals surface area contributed by atoms with Crippen molar-refractivity contribution in [2.75, 3.05) is 6.61 Å². The van der Waals surface area contributed by atoms with E-state index in [9.17, 15) is 0 Å². The minimum atomic E-state index is 0.781. The lowest BCUT2D eigenvalue weighted by Gasteiger charge is -2.29. The Morgan fingerprint density at radius 2 is 1.19 bits per heavy atom. The molecular weight excluding hydrogens is 376 g/mol. The van der Waals surface area contributed by atoms with Gasteiger partial charge >= 0.3 is 0 Å². The molecule has 2 aliphatic rings. The molecule has 31 heavy (non-hydrogen) atoms. The summed E-state index contributed by atoms with van der Waals surface area (Å²) in [4.78, 5) is 0. The number of unbranched alkanes of at least 4 members (excludes halogenated alkanes) is 3. The first-order valence-electron chi connectivity index (χ1n) is 14.0. The van der Waals surface area contributed by atoms with Gasteiger partial charge in [-0.25, -0.2) is 0 Å². The van der Waals surface area contributed by atoms with Crippen LogP contribution in [0.4, 0.5) is 0 Å². The van der Waals surface area contributed by atoms with E-state index in [0.717, 1.165) is 36.0 Å². The van der Waals surface area contributed by atoms with E-state index >= 15 is 0 Å². The number of benzene rings is 1. The van der Waals surface area contributed by atoms with E-state index in [1.807, 2.05) is 0 Å². The highest BCUT2D eigenvalue weighted by molar-refractivity contribution is 5.29. The van der Waals surface area contributed by atoms with Crippen LogP contribution < -0.4 is 4.74 Å². The molecule has 1 aromatic carbocycles. The normalized spacial score (nSPS) is 26.6. The molecule has 0 atom stereocenters. The molecule has 0 aromatic heterocycles. The van der Waals surface area contributed by atoms with Gasteiger partial charge < -0.3 is 4.74 Å². The van der Waals surface area contributed by atoms with Crippen LogP contribution in [0.25, 0.3) is 0 Å². The molecule has 0 aliphatic heterocycles. The number of hydrogen-bond acceptors (Lipinski definition) is 1. The van der Waals surface area contributed by atoms with Crippen molar-refractivity contribution in [2.45, 2.75) is 129 Å². The molecule has 2 fully saturated rings. The molecule has 0 heterocycles. The van der Waals surface area contributed by atoms with Crippen molar-refractivity contribution < 1.29 is 4.74 Å². The fraction of sp³-hybridized carbons (Fsp3) is 0.800. The minimum absolute atomic E-state index is 0.781. The van der Waals surface area contributed by atoms with Crippen LogP contribution in [0, 0.1) is 17.8 Å². The second-order valence-corrected chi connectivity index (χ2v) is 10.8. The number of hydrogen-bond donors (Lipinski definition) is 0. The molecule has 0 saturated heterocycles. The Kier molecular flexibility index (Phi) is 11.3. The standard InChI is InChI=1S/C30H50O/c1-3-5-6-7-10-26-12-14-27(15-13-26)11-8-24-31-30-22-20-29(21-23-30)28-18-16-25(9-4-2)17-19-28/h20-23,25-28H,3-19,24H2,1-2H3/t25-,26-,27-,28-. The number of ether oxygens (including phenoxy) is 1. The van der Waals surface area contributed by atoms with Crippen LogP contribution in [0.5, 0.6) is 5.75 Å². The Morgan fingerprint density at radius 1 is 0.613 bits per heavy atom. The number of rotatable bonds is 13. The van der Waals surface area contributed by atoms with Crippen LogP contribution >= 0.6 is 0 Å². The SMILES string of the molecule is CCCCCC[C@H]1CC[C@H](CCCOc2ccc([C@H]3CC[C@H](CCC)CC3)cc2)CC1. The van der Waals surface area contributed by atoms with Gasteiger partial charge in [-0.1, -0.05) is 96.6 Å². The van der Waals surface area contributed by atoms with Crippen LogP contribution in [0.15, 0.2) is 24.3 Å². The van der Waals surface area contributed by atoms with Gasteiger partial charge in [-0.2, -0.15) is 0 Å². The monoisotopic (exact) mass is 426 g/mol. The molecule has 2 aliphatic carbocycles. The highest BCUT2D eigenvalue weighted by Crippen LogP contribution is 2.38. The second kappa shape index (κ2) is 14.2. The Bertz CT molecular complexity index is 561. The van der Waals surface area contributed by atoms with E-state index in [-0.39, 0.29) is 0 Å². The predicted molar refractivity (Wildman–Crippen MR) is 135 cm³/mol. The van der Waals surface area contributed by atoms with Crippen LogP contribution in [0.3, 0.4) is 0 Å². The minimum Gasteiger partial charge on any atom is -0.494 e. The van der Waals surface area contributed by atoms with Gasteiger partial charge in [-0.3, -0.25) is 0 Å². The molecule has 3 rings (SSSR count). The van der Waals surface area contributed by atoms with E-state index in [2.05, 4.69) is 38.1 Å². The molecular formula is C30H50O. The van der Waals surface area contributed by atoms with Crippen LogP contribution in [0.1, 0.15) is 134 Å². The van der Waals surface area contributed by atoms with Gasteiger partial charge in [-0.15, -0.1) is 0 Å².